The first kappa shape index (κ1) is 12.6. The highest BCUT2D eigenvalue weighted by molar-refractivity contribution is 5.94. The normalized spacial score (nSPS) is 14.6. The molecule has 96 valence electrons. The van der Waals surface area contributed by atoms with Gasteiger partial charge in [-0.15, -0.1) is 0 Å². The predicted molar refractivity (Wildman–Crippen MR) is 67.8 cm³/mol. The van der Waals surface area contributed by atoms with Crippen LogP contribution in [0.3, 0.4) is 0 Å². The minimum Gasteiger partial charge on any atom is -0.484 e. The van der Waals surface area contributed by atoms with E-state index in [1.165, 1.54) is 6.92 Å². The van der Waals surface area contributed by atoms with Crippen LogP contribution in [0.4, 0.5) is 0 Å². The van der Waals surface area contributed by atoms with Crippen LogP contribution in [-0.4, -0.2) is 36.3 Å². The fourth-order valence-corrected chi connectivity index (χ4v) is 2.01. The molecule has 1 heterocycles. The maximum Gasteiger partial charge on any atom is 0.260 e. The van der Waals surface area contributed by atoms with E-state index in [1.54, 1.807) is 24.3 Å². The van der Waals surface area contributed by atoms with Crippen molar-refractivity contribution in [1.82, 2.24) is 4.90 Å². The Bertz CT molecular complexity index is 450. The summed E-state index contributed by atoms with van der Waals surface area (Å²) in [6.07, 6.45) is 2.15. The standard InChI is InChI=1S/C14H17NO3/c1-11(16)12-5-4-6-13(9-12)18-10-14(17)15-7-2-3-8-15/h4-6,9H,2-3,7-8,10H2,1H3. The Morgan fingerprint density at radius 3 is 2.67 bits per heavy atom. The van der Waals surface area contributed by atoms with Gasteiger partial charge in [0, 0.05) is 18.7 Å². The van der Waals surface area contributed by atoms with Gasteiger partial charge >= 0.3 is 0 Å². The quantitative estimate of drug-likeness (QED) is 0.763. The number of hydrogen-bond donors (Lipinski definition) is 0. The Morgan fingerprint density at radius 1 is 1.28 bits per heavy atom. The number of benzene rings is 1. The minimum absolute atomic E-state index is 0.00804. The summed E-state index contributed by atoms with van der Waals surface area (Å²) in [5.41, 5.74) is 0.598. The zero-order chi connectivity index (χ0) is 13.0. The number of Topliss-reactive ketones (excluding diaryl/α,β-unsaturated/α-hetero) is 1. The van der Waals surface area contributed by atoms with Crippen LogP contribution in [0.2, 0.25) is 0 Å². The van der Waals surface area contributed by atoms with Crippen LogP contribution in [-0.2, 0) is 4.79 Å². The molecule has 4 heteroatoms. The molecule has 0 unspecified atom stereocenters. The van der Waals surface area contributed by atoms with Gasteiger partial charge in [0.25, 0.3) is 5.91 Å². The molecule has 0 spiro atoms. The molecular weight excluding hydrogens is 230 g/mol. The van der Waals surface area contributed by atoms with Crippen molar-refractivity contribution >= 4 is 11.7 Å². The number of ether oxygens (including phenoxy) is 1. The highest BCUT2D eigenvalue weighted by Crippen LogP contribution is 2.14. The fourth-order valence-electron chi connectivity index (χ4n) is 2.01. The van der Waals surface area contributed by atoms with E-state index in [4.69, 9.17) is 4.74 Å². The number of hydrogen-bond acceptors (Lipinski definition) is 3. The first-order valence-corrected chi connectivity index (χ1v) is 6.18. The Hall–Kier alpha value is -1.84. The number of nitrogens with zero attached hydrogens (tertiary/aromatic N) is 1. The minimum atomic E-state index is -0.00804. The Balaban J connectivity index is 1.91. The van der Waals surface area contributed by atoms with E-state index < -0.39 is 0 Å². The van der Waals surface area contributed by atoms with Gasteiger partial charge < -0.3 is 9.64 Å². The second-order valence-corrected chi connectivity index (χ2v) is 4.46. The molecule has 0 bridgehead atoms. The zero-order valence-electron chi connectivity index (χ0n) is 10.5. The van der Waals surface area contributed by atoms with Gasteiger partial charge in [-0.2, -0.15) is 0 Å². The van der Waals surface area contributed by atoms with Gasteiger partial charge in [-0.1, -0.05) is 12.1 Å². The average Bonchev–Trinajstić information content (AvgIpc) is 2.90. The van der Waals surface area contributed by atoms with Gasteiger partial charge in [0.1, 0.15) is 5.75 Å². The smallest absolute Gasteiger partial charge is 0.260 e. The molecule has 0 aromatic heterocycles. The molecule has 1 aliphatic heterocycles. The lowest BCUT2D eigenvalue weighted by Crippen LogP contribution is -2.32. The third-order valence-corrected chi connectivity index (χ3v) is 3.06. The van der Waals surface area contributed by atoms with Gasteiger partial charge in [0.15, 0.2) is 12.4 Å². The third kappa shape index (κ3) is 3.09. The summed E-state index contributed by atoms with van der Waals surface area (Å²) < 4.78 is 5.43. The summed E-state index contributed by atoms with van der Waals surface area (Å²) >= 11 is 0. The monoisotopic (exact) mass is 247 g/mol. The molecule has 1 amide bonds. The number of ketones is 1. The predicted octanol–water partition coefficient (Wildman–Crippen LogP) is 1.89. The third-order valence-electron chi connectivity index (χ3n) is 3.06. The lowest BCUT2D eigenvalue weighted by Gasteiger charge is -2.15. The molecule has 1 saturated heterocycles. The maximum atomic E-state index is 11.8. The Kier molecular flexibility index (Phi) is 3.97. The van der Waals surface area contributed by atoms with Crippen molar-refractivity contribution in [3.63, 3.8) is 0 Å². The zero-order valence-corrected chi connectivity index (χ0v) is 10.5. The molecule has 1 aromatic carbocycles. The molecule has 4 nitrogen and oxygen atoms in total. The second kappa shape index (κ2) is 5.67. The van der Waals surface area contributed by atoms with E-state index in [1.807, 2.05) is 4.90 Å². The summed E-state index contributed by atoms with van der Waals surface area (Å²) in [5.74, 6) is 0.572. The summed E-state index contributed by atoms with van der Waals surface area (Å²) in [5, 5.41) is 0. The molecule has 0 atom stereocenters. The number of rotatable bonds is 4. The summed E-state index contributed by atoms with van der Waals surface area (Å²) in [6, 6.07) is 6.91. The molecule has 0 aliphatic carbocycles. The summed E-state index contributed by atoms with van der Waals surface area (Å²) in [4.78, 5) is 24.8. The SMILES string of the molecule is CC(=O)c1cccc(OCC(=O)N2CCCC2)c1. The second-order valence-electron chi connectivity index (χ2n) is 4.46. The number of carbonyl (C=O) groups is 2. The molecule has 1 fully saturated rings. The van der Waals surface area contributed by atoms with Crippen molar-refractivity contribution in [1.29, 1.82) is 0 Å². The van der Waals surface area contributed by atoms with E-state index in [2.05, 4.69) is 0 Å². The van der Waals surface area contributed by atoms with Crippen LogP contribution in [0.5, 0.6) is 5.75 Å². The molecular formula is C14H17NO3. The molecule has 2 rings (SSSR count). The van der Waals surface area contributed by atoms with Gasteiger partial charge in [-0.3, -0.25) is 9.59 Å². The van der Waals surface area contributed by atoms with Gasteiger partial charge in [-0.05, 0) is 31.9 Å². The van der Waals surface area contributed by atoms with Crippen molar-refractivity contribution in [2.24, 2.45) is 0 Å². The highest BCUT2D eigenvalue weighted by Gasteiger charge is 2.18. The van der Waals surface area contributed by atoms with Gasteiger partial charge in [-0.25, -0.2) is 0 Å². The van der Waals surface area contributed by atoms with Crippen molar-refractivity contribution < 1.29 is 14.3 Å². The number of carbonyl (C=O) groups excluding carboxylic acids is 2. The van der Waals surface area contributed by atoms with E-state index in [9.17, 15) is 9.59 Å². The van der Waals surface area contributed by atoms with Gasteiger partial charge in [0.2, 0.25) is 0 Å². The number of amides is 1. The molecule has 1 aromatic rings. The van der Waals surface area contributed by atoms with Crippen molar-refractivity contribution in [2.75, 3.05) is 19.7 Å². The van der Waals surface area contributed by atoms with Crippen LogP contribution in [0.1, 0.15) is 30.1 Å². The Labute approximate surface area is 107 Å². The summed E-state index contributed by atoms with van der Waals surface area (Å²) in [6.45, 7) is 3.21. The molecule has 0 radical (unpaired) electrons. The van der Waals surface area contributed by atoms with E-state index in [0.717, 1.165) is 25.9 Å². The van der Waals surface area contributed by atoms with Gasteiger partial charge in [0.05, 0.1) is 0 Å². The first-order chi connectivity index (χ1) is 8.66. The first-order valence-electron chi connectivity index (χ1n) is 6.18. The van der Waals surface area contributed by atoms with E-state index in [0.29, 0.717) is 11.3 Å². The van der Waals surface area contributed by atoms with Crippen LogP contribution >= 0.6 is 0 Å². The lowest BCUT2D eigenvalue weighted by atomic mass is 10.1. The van der Waals surface area contributed by atoms with Crippen LogP contribution < -0.4 is 4.74 Å². The topological polar surface area (TPSA) is 46.6 Å². The molecule has 0 N–H and O–H groups in total. The van der Waals surface area contributed by atoms with Crippen LogP contribution in [0.15, 0.2) is 24.3 Å². The fraction of sp³-hybridized carbons (Fsp3) is 0.429. The lowest BCUT2D eigenvalue weighted by molar-refractivity contribution is -0.132. The highest BCUT2D eigenvalue weighted by atomic mass is 16.5. The summed E-state index contributed by atoms with van der Waals surface area (Å²) in [7, 11) is 0. The largest absolute Gasteiger partial charge is 0.484 e. The molecule has 1 aliphatic rings. The molecule has 18 heavy (non-hydrogen) atoms. The van der Waals surface area contributed by atoms with Crippen LogP contribution in [0.25, 0.3) is 0 Å². The van der Waals surface area contributed by atoms with Crippen molar-refractivity contribution in [3.05, 3.63) is 29.8 Å². The van der Waals surface area contributed by atoms with E-state index in [-0.39, 0.29) is 18.3 Å². The van der Waals surface area contributed by atoms with E-state index >= 15 is 0 Å². The Morgan fingerprint density at radius 2 is 2.00 bits per heavy atom. The average molecular weight is 247 g/mol. The van der Waals surface area contributed by atoms with Crippen molar-refractivity contribution in [2.45, 2.75) is 19.8 Å². The number of likely N-dealkylation sites (tertiary alicyclic amines) is 1. The van der Waals surface area contributed by atoms with Crippen molar-refractivity contribution in [3.8, 4) is 5.75 Å². The maximum absolute atomic E-state index is 11.8. The molecule has 0 saturated carbocycles. The van der Waals surface area contributed by atoms with Crippen LogP contribution in [0, 0.1) is 0 Å².